The zero-order chi connectivity index (χ0) is 24.4. The monoisotopic (exact) mass is 464 g/mol. The van der Waals surface area contributed by atoms with Gasteiger partial charge >= 0.3 is 11.9 Å². The van der Waals surface area contributed by atoms with Crippen molar-refractivity contribution in [2.45, 2.75) is 57.7 Å². The Morgan fingerprint density at radius 3 is 1.91 bits per heavy atom. The highest BCUT2D eigenvalue weighted by molar-refractivity contribution is 5.97. The van der Waals surface area contributed by atoms with E-state index in [0.717, 1.165) is 47.3 Å². The Bertz CT molecular complexity index is 1120. The molecule has 6 heteroatoms. The lowest BCUT2D eigenvalue weighted by Gasteiger charge is -2.29. The first-order chi connectivity index (χ1) is 16.3. The maximum atomic E-state index is 11.6. The first-order valence-corrected chi connectivity index (χ1v) is 11.8. The summed E-state index contributed by atoms with van der Waals surface area (Å²) in [6, 6.07) is 8.04. The van der Waals surface area contributed by atoms with Crippen LogP contribution in [0.15, 0.2) is 49.6 Å². The van der Waals surface area contributed by atoms with E-state index in [4.69, 9.17) is 18.9 Å². The van der Waals surface area contributed by atoms with Gasteiger partial charge in [-0.05, 0) is 44.4 Å². The molecule has 0 radical (unpaired) electrons. The topological polar surface area (TPSA) is 71.1 Å². The second-order valence-electron chi connectivity index (χ2n) is 9.31. The Morgan fingerprint density at radius 2 is 1.41 bits per heavy atom. The molecule has 4 rings (SSSR count). The summed E-state index contributed by atoms with van der Waals surface area (Å²) in [7, 11) is 0. The summed E-state index contributed by atoms with van der Waals surface area (Å²) in [5.74, 6) is 2.12. The smallest absolute Gasteiger partial charge is 0.330 e. The molecular weight excluding hydrogens is 432 g/mol. The van der Waals surface area contributed by atoms with Crippen LogP contribution in [0.5, 0.6) is 11.5 Å². The lowest BCUT2D eigenvalue weighted by Crippen LogP contribution is -2.23. The summed E-state index contributed by atoms with van der Waals surface area (Å²) in [4.78, 5) is 23.2. The van der Waals surface area contributed by atoms with Crippen molar-refractivity contribution in [1.29, 1.82) is 0 Å². The van der Waals surface area contributed by atoms with E-state index >= 15 is 0 Å². The number of fused-ring (bicyclic) bond motifs is 6. The third-order valence-corrected chi connectivity index (χ3v) is 6.75. The summed E-state index contributed by atoms with van der Waals surface area (Å²) in [5.41, 5.74) is 2.41. The highest BCUT2D eigenvalue weighted by atomic mass is 16.6. The van der Waals surface area contributed by atoms with Crippen LogP contribution in [-0.4, -0.2) is 37.4 Å². The van der Waals surface area contributed by atoms with Crippen LogP contribution in [0.4, 0.5) is 0 Å². The predicted molar refractivity (Wildman–Crippen MR) is 130 cm³/mol. The Labute approximate surface area is 200 Å². The van der Waals surface area contributed by atoms with Crippen molar-refractivity contribution in [3.8, 4) is 11.5 Å². The minimum Gasteiger partial charge on any atom is -0.489 e. The fourth-order valence-electron chi connectivity index (χ4n) is 5.35. The quantitative estimate of drug-likeness (QED) is 0.344. The molecule has 0 spiro atoms. The second kappa shape index (κ2) is 9.92. The maximum Gasteiger partial charge on any atom is 0.330 e. The van der Waals surface area contributed by atoms with Gasteiger partial charge in [0.1, 0.15) is 36.9 Å². The number of esters is 2. The molecule has 34 heavy (non-hydrogen) atoms. The van der Waals surface area contributed by atoms with E-state index in [-0.39, 0.29) is 13.2 Å². The number of carbonyl (C=O) groups is 2. The van der Waals surface area contributed by atoms with Crippen LogP contribution in [0.2, 0.25) is 0 Å². The van der Waals surface area contributed by atoms with Crippen molar-refractivity contribution in [1.82, 2.24) is 0 Å². The van der Waals surface area contributed by atoms with Gasteiger partial charge in [-0.15, -0.1) is 0 Å². The van der Waals surface area contributed by atoms with Gasteiger partial charge in [0.05, 0.1) is 0 Å². The average Bonchev–Trinajstić information content (AvgIpc) is 3.38. The van der Waals surface area contributed by atoms with Gasteiger partial charge in [-0.2, -0.15) is 0 Å². The third-order valence-electron chi connectivity index (χ3n) is 6.75. The van der Waals surface area contributed by atoms with Gasteiger partial charge in [-0.3, -0.25) is 0 Å². The van der Waals surface area contributed by atoms with Gasteiger partial charge in [-0.1, -0.05) is 44.3 Å². The highest BCUT2D eigenvalue weighted by Gasteiger charge is 2.46. The minimum absolute atomic E-state index is 0.247. The summed E-state index contributed by atoms with van der Waals surface area (Å²) in [6.45, 7) is 13.3. The van der Waals surface area contributed by atoms with E-state index in [1.54, 1.807) is 6.92 Å². The van der Waals surface area contributed by atoms with Crippen molar-refractivity contribution < 1.29 is 28.5 Å². The van der Waals surface area contributed by atoms with E-state index in [2.05, 4.69) is 20.1 Å². The zero-order valence-corrected chi connectivity index (χ0v) is 20.0. The third kappa shape index (κ3) is 4.54. The van der Waals surface area contributed by atoms with Gasteiger partial charge in [-0.25, -0.2) is 9.59 Å². The molecule has 5 atom stereocenters. The van der Waals surface area contributed by atoms with Crippen molar-refractivity contribution in [3.63, 3.8) is 0 Å². The lowest BCUT2D eigenvalue weighted by molar-refractivity contribution is -0.144. The second-order valence-corrected chi connectivity index (χ2v) is 9.31. The molecule has 0 aromatic heterocycles. The number of carbonyl (C=O) groups excluding carboxylic acids is 2. The zero-order valence-electron chi connectivity index (χ0n) is 20.0. The number of hydrogen-bond donors (Lipinski definition) is 0. The summed E-state index contributed by atoms with van der Waals surface area (Å²) >= 11 is 0. The molecule has 2 aliphatic rings. The SMILES string of the molecule is C=CC(=O)OC(C)COc1c2c(c(OCC(C)OC(=O)C=C)c3ccccc13)C1CC2CC1C. The first kappa shape index (κ1) is 23.9. The molecule has 0 amide bonds. The minimum atomic E-state index is -0.464. The van der Waals surface area contributed by atoms with Crippen molar-refractivity contribution in [2.75, 3.05) is 13.2 Å². The van der Waals surface area contributed by atoms with E-state index in [9.17, 15) is 9.59 Å². The molecular formula is C28H32O6. The number of hydrogen-bond acceptors (Lipinski definition) is 6. The average molecular weight is 465 g/mol. The molecule has 2 aliphatic carbocycles. The molecule has 6 nitrogen and oxygen atoms in total. The van der Waals surface area contributed by atoms with E-state index in [1.807, 2.05) is 31.2 Å². The number of ether oxygens (including phenoxy) is 4. The van der Waals surface area contributed by atoms with Crippen LogP contribution < -0.4 is 9.47 Å². The summed E-state index contributed by atoms with van der Waals surface area (Å²) in [5, 5.41) is 1.93. The van der Waals surface area contributed by atoms with Crippen LogP contribution in [0.3, 0.4) is 0 Å². The standard InChI is InChI=1S/C28H32O6/c1-6-23(29)33-17(4)14-31-27-20-10-8-9-11-21(20)28(32-15-18(5)34-24(30)7-2)26-22-13-19(25(26)27)12-16(22)3/h6-11,16-19,22H,1-2,12-15H2,3-5H3. The molecule has 2 aromatic carbocycles. The number of benzene rings is 2. The molecule has 0 aliphatic heterocycles. The van der Waals surface area contributed by atoms with Crippen molar-refractivity contribution >= 4 is 22.7 Å². The molecule has 5 unspecified atom stereocenters. The Morgan fingerprint density at radius 1 is 0.912 bits per heavy atom. The summed E-state index contributed by atoms with van der Waals surface area (Å²) < 4.78 is 23.3. The van der Waals surface area contributed by atoms with Crippen LogP contribution in [-0.2, 0) is 19.1 Å². The highest BCUT2D eigenvalue weighted by Crippen LogP contribution is 2.63. The summed E-state index contributed by atoms with van der Waals surface area (Å²) in [6.07, 6.45) is 3.68. The van der Waals surface area contributed by atoms with Gasteiger partial charge in [0.2, 0.25) is 0 Å². The van der Waals surface area contributed by atoms with Crippen LogP contribution >= 0.6 is 0 Å². The van der Waals surface area contributed by atoms with E-state index < -0.39 is 24.1 Å². The molecule has 1 saturated carbocycles. The first-order valence-electron chi connectivity index (χ1n) is 11.8. The fourth-order valence-corrected chi connectivity index (χ4v) is 5.35. The Balaban J connectivity index is 1.71. The Kier molecular flexibility index (Phi) is 6.96. The Hall–Kier alpha value is -3.28. The lowest BCUT2D eigenvalue weighted by atomic mass is 9.82. The van der Waals surface area contributed by atoms with Crippen LogP contribution in [0, 0.1) is 5.92 Å². The van der Waals surface area contributed by atoms with Crippen LogP contribution in [0.1, 0.15) is 56.6 Å². The molecule has 180 valence electrons. The van der Waals surface area contributed by atoms with Gasteiger partial charge in [0, 0.05) is 34.1 Å². The van der Waals surface area contributed by atoms with Crippen molar-refractivity contribution in [2.24, 2.45) is 5.92 Å². The largest absolute Gasteiger partial charge is 0.489 e. The number of rotatable bonds is 10. The predicted octanol–water partition coefficient (Wildman–Crippen LogP) is 5.44. The molecule has 2 bridgehead atoms. The van der Waals surface area contributed by atoms with Gasteiger partial charge in [0.25, 0.3) is 0 Å². The van der Waals surface area contributed by atoms with E-state index in [0.29, 0.717) is 17.8 Å². The fraction of sp³-hybridized carbons (Fsp3) is 0.429. The molecule has 2 aromatic rings. The van der Waals surface area contributed by atoms with E-state index in [1.165, 1.54) is 11.1 Å². The van der Waals surface area contributed by atoms with Crippen LogP contribution in [0.25, 0.3) is 10.8 Å². The molecule has 1 fully saturated rings. The maximum absolute atomic E-state index is 11.6. The van der Waals surface area contributed by atoms with Crippen molar-refractivity contribution in [3.05, 3.63) is 60.7 Å². The molecule has 0 heterocycles. The molecule has 0 saturated heterocycles. The molecule has 0 N–H and O–H groups in total. The normalized spacial score (nSPS) is 21.9. The van der Waals surface area contributed by atoms with Gasteiger partial charge < -0.3 is 18.9 Å². The van der Waals surface area contributed by atoms with Gasteiger partial charge in [0.15, 0.2) is 0 Å².